The zero-order valence-electron chi connectivity index (χ0n) is 34.4. The Morgan fingerprint density at radius 1 is 0.312 bits per heavy atom. The highest BCUT2D eigenvalue weighted by molar-refractivity contribution is 7.25. The zero-order valence-corrected chi connectivity index (χ0v) is 35.2. The summed E-state index contributed by atoms with van der Waals surface area (Å²) in [6.45, 7) is 0. The first-order valence-corrected chi connectivity index (χ1v) is 22.3. The third-order valence-electron chi connectivity index (χ3n) is 12.5. The number of thiophene rings is 1. The van der Waals surface area contributed by atoms with Crippen LogP contribution in [0.25, 0.3) is 131 Å². The molecule has 3 heterocycles. The topological polar surface area (TPSA) is 51.8 Å². The Morgan fingerprint density at radius 3 is 1.64 bits per heavy atom. The molecule has 13 aromatic rings. The van der Waals surface area contributed by atoms with Crippen LogP contribution in [-0.4, -0.2) is 15.0 Å². The Hall–Kier alpha value is -8.25. The lowest BCUT2D eigenvalue weighted by Gasteiger charge is -2.15. The predicted molar refractivity (Wildman–Crippen MR) is 268 cm³/mol. The van der Waals surface area contributed by atoms with E-state index in [1.165, 1.54) is 47.5 Å². The van der Waals surface area contributed by atoms with E-state index in [9.17, 15) is 0 Å². The summed E-state index contributed by atoms with van der Waals surface area (Å²) in [6, 6.07) is 75.2. The molecule has 298 valence electrons. The second-order valence-corrected chi connectivity index (χ2v) is 17.4. The van der Waals surface area contributed by atoms with Gasteiger partial charge in [-0.1, -0.05) is 164 Å². The van der Waals surface area contributed by atoms with E-state index in [0.717, 1.165) is 66.3 Å². The third-order valence-corrected chi connectivity index (χ3v) is 13.7. The summed E-state index contributed by atoms with van der Waals surface area (Å²) >= 11 is 1.81. The van der Waals surface area contributed by atoms with E-state index in [-0.39, 0.29) is 0 Å². The molecular formula is C59H35N3OS. The van der Waals surface area contributed by atoms with Crippen LogP contribution in [0.2, 0.25) is 0 Å². The predicted octanol–water partition coefficient (Wildman–Crippen LogP) is 16.4. The Labute approximate surface area is 372 Å². The van der Waals surface area contributed by atoms with Gasteiger partial charge in [0.1, 0.15) is 11.2 Å². The van der Waals surface area contributed by atoms with Gasteiger partial charge in [0.05, 0.1) is 0 Å². The molecule has 0 aliphatic heterocycles. The SMILES string of the molecule is c1ccc(-c2ccc(-c3nc(-c4ccc(-c5c(-c6cccc7ccccc67)ccc6oc7cc8ccccc8cc7c56)cc4)nc(-c4ccc5sc6ccccc6c5c4)n3)cc2)cc1. The van der Waals surface area contributed by atoms with Crippen molar-refractivity contribution in [2.45, 2.75) is 0 Å². The van der Waals surface area contributed by atoms with Gasteiger partial charge < -0.3 is 4.42 Å². The van der Waals surface area contributed by atoms with Crippen LogP contribution in [0, 0.1) is 0 Å². The molecule has 0 unspecified atom stereocenters. The molecule has 0 aliphatic rings. The molecule has 0 N–H and O–H groups in total. The van der Waals surface area contributed by atoms with E-state index >= 15 is 0 Å². The van der Waals surface area contributed by atoms with Gasteiger partial charge in [-0.15, -0.1) is 11.3 Å². The van der Waals surface area contributed by atoms with E-state index in [0.29, 0.717) is 17.5 Å². The van der Waals surface area contributed by atoms with Crippen molar-refractivity contribution in [1.82, 2.24) is 15.0 Å². The second kappa shape index (κ2) is 14.7. The first kappa shape index (κ1) is 36.4. The smallest absolute Gasteiger partial charge is 0.164 e. The van der Waals surface area contributed by atoms with E-state index in [4.69, 9.17) is 19.4 Å². The van der Waals surface area contributed by atoms with Gasteiger partial charge in [0.15, 0.2) is 17.5 Å². The van der Waals surface area contributed by atoms with E-state index in [2.05, 4.69) is 206 Å². The number of fused-ring (bicyclic) bond motifs is 8. The average Bonchev–Trinajstić information content (AvgIpc) is 3.93. The van der Waals surface area contributed by atoms with Gasteiger partial charge in [-0.05, 0) is 97.9 Å². The second-order valence-electron chi connectivity index (χ2n) is 16.3. The minimum atomic E-state index is 0.613. The number of nitrogens with zero attached hydrogens (tertiary/aromatic N) is 3. The molecule has 4 nitrogen and oxygen atoms in total. The summed E-state index contributed by atoms with van der Waals surface area (Å²) in [5.74, 6) is 1.87. The van der Waals surface area contributed by atoms with E-state index < -0.39 is 0 Å². The van der Waals surface area contributed by atoms with Gasteiger partial charge in [0, 0.05) is 53.2 Å². The maximum Gasteiger partial charge on any atom is 0.164 e. The fourth-order valence-corrected chi connectivity index (χ4v) is 10.5. The number of hydrogen-bond donors (Lipinski definition) is 0. The summed E-state index contributed by atoms with van der Waals surface area (Å²) in [5.41, 5.74) is 11.3. The number of hydrogen-bond acceptors (Lipinski definition) is 5. The molecule has 3 aromatic heterocycles. The summed E-state index contributed by atoms with van der Waals surface area (Å²) in [5, 5.41) is 9.37. The molecular weight excluding hydrogens is 799 g/mol. The van der Waals surface area contributed by atoms with Gasteiger partial charge in [-0.25, -0.2) is 15.0 Å². The first-order valence-electron chi connectivity index (χ1n) is 21.5. The van der Waals surface area contributed by atoms with Crippen LogP contribution >= 0.6 is 11.3 Å². The Balaban J connectivity index is 0.990. The molecule has 0 saturated carbocycles. The molecule has 0 saturated heterocycles. The average molecular weight is 834 g/mol. The fraction of sp³-hybridized carbons (Fsp3) is 0. The normalized spacial score (nSPS) is 11.8. The van der Waals surface area contributed by atoms with Gasteiger partial charge >= 0.3 is 0 Å². The highest BCUT2D eigenvalue weighted by Crippen LogP contribution is 2.46. The summed E-state index contributed by atoms with van der Waals surface area (Å²) in [6.07, 6.45) is 0. The van der Waals surface area contributed by atoms with Crippen LogP contribution in [0.1, 0.15) is 0 Å². The van der Waals surface area contributed by atoms with E-state index in [1.807, 2.05) is 17.4 Å². The largest absolute Gasteiger partial charge is 0.456 e. The Kier molecular flexibility index (Phi) is 8.36. The lowest BCUT2D eigenvalue weighted by molar-refractivity contribution is 0.669. The van der Waals surface area contributed by atoms with Crippen molar-refractivity contribution in [3.05, 3.63) is 212 Å². The lowest BCUT2D eigenvalue weighted by atomic mass is 9.88. The summed E-state index contributed by atoms with van der Waals surface area (Å²) in [4.78, 5) is 15.6. The van der Waals surface area contributed by atoms with Crippen LogP contribution in [0.4, 0.5) is 0 Å². The van der Waals surface area contributed by atoms with Gasteiger partial charge in [0.25, 0.3) is 0 Å². The Morgan fingerprint density at radius 2 is 0.875 bits per heavy atom. The van der Waals surface area contributed by atoms with Gasteiger partial charge in [-0.3, -0.25) is 0 Å². The monoisotopic (exact) mass is 833 g/mol. The lowest BCUT2D eigenvalue weighted by Crippen LogP contribution is -2.00. The van der Waals surface area contributed by atoms with Crippen LogP contribution in [-0.2, 0) is 0 Å². The molecule has 0 fully saturated rings. The molecule has 13 rings (SSSR count). The van der Waals surface area contributed by atoms with Crippen molar-refractivity contribution in [3.63, 3.8) is 0 Å². The van der Waals surface area contributed by atoms with Gasteiger partial charge in [0.2, 0.25) is 0 Å². The number of rotatable bonds is 6. The molecule has 0 radical (unpaired) electrons. The molecule has 0 bridgehead atoms. The summed E-state index contributed by atoms with van der Waals surface area (Å²) in [7, 11) is 0. The van der Waals surface area contributed by atoms with Crippen molar-refractivity contribution in [1.29, 1.82) is 0 Å². The molecule has 5 heteroatoms. The number of aromatic nitrogens is 3. The molecule has 10 aromatic carbocycles. The maximum absolute atomic E-state index is 6.66. The highest BCUT2D eigenvalue weighted by Gasteiger charge is 2.21. The fourth-order valence-electron chi connectivity index (χ4n) is 9.39. The molecule has 0 amide bonds. The minimum Gasteiger partial charge on any atom is -0.456 e. The van der Waals surface area contributed by atoms with E-state index in [1.54, 1.807) is 0 Å². The molecule has 0 atom stereocenters. The van der Waals surface area contributed by atoms with Crippen molar-refractivity contribution < 1.29 is 4.42 Å². The van der Waals surface area contributed by atoms with Gasteiger partial charge in [-0.2, -0.15) is 0 Å². The maximum atomic E-state index is 6.66. The van der Waals surface area contributed by atoms with Crippen molar-refractivity contribution >= 4 is 75.0 Å². The van der Waals surface area contributed by atoms with Crippen molar-refractivity contribution in [2.24, 2.45) is 0 Å². The summed E-state index contributed by atoms with van der Waals surface area (Å²) < 4.78 is 9.16. The first-order chi connectivity index (χ1) is 31.7. The minimum absolute atomic E-state index is 0.613. The number of furan rings is 1. The van der Waals surface area contributed by atoms with Crippen LogP contribution < -0.4 is 0 Å². The zero-order chi connectivity index (χ0) is 42.1. The standard InChI is InChI=1S/C59H35N3OS/c1-2-11-36(12-3-1)37-21-25-40(26-22-37)57-60-58(62-59(61-57)44-29-32-54-49(34-44)47-18-8-9-20-53(47)64-54)41-27-23-39(24-28-41)55-48(46-19-10-16-38-13-6-7-17-45(38)46)30-31-51-56(55)50-33-42-14-4-5-15-43(42)35-52(50)63-51/h1-35H. The molecule has 64 heavy (non-hydrogen) atoms. The van der Waals surface area contributed by atoms with Crippen LogP contribution in [0.15, 0.2) is 217 Å². The van der Waals surface area contributed by atoms with Crippen molar-refractivity contribution in [3.8, 4) is 67.5 Å². The van der Waals surface area contributed by atoms with Crippen LogP contribution in [0.5, 0.6) is 0 Å². The molecule has 0 aliphatic carbocycles. The van der Waals surface area contributed by atoms with Crippen molar-refractivity contribution in [2.75, 3.05) is 0 Å². The Bertz CT molecular complexity index is 3940. The third kappa shape index (κ3) is 6.09. The number of benzene rings is 10. The quantitative estimate of drug-likeness (QED) is 0.167. The highest BCUT2D eigenvalue weighted by atomic mass is 32.1. The molecule has 0 spiro atoms. The van der Waals surface area contributed by atoms with Crippen LogP contribution in [0.3, 0.4) is 0 Å².